The lowest BCUT2D eigenvalue weighted by Crippen LogP contribution is -2.48. The molecule has 262 valence electrons. The largest absolute Gasteiger partial charge is 0.472 e. The summed E-state index contributed by atoms with van der Waals surface area (Å²) >= 11 is 0. The maximum atomic E-state index is 6.70. The molecule has 1 aliphatic heterocycles. The lowest BCUT2D eigenvalue weighted by atomic mass is 10.1. The first-order valence-electron chi connectivity index (χ1n) is 16.0. The van der Waals surface area contributed by atoms with E-state index in [4.69, 9.17) is 37.9 Å². The van der Waals surface area contributed by atoms with Crippen molar-refractivity contribution >= 4 is 36.1 Å². The fourth-order valence-electron chi connectivity index (χ4n) is 3.52. The van der Waals surface area contributed by atoms with E-state index in [1.54, 1.807) is 17.0 Å². The Kier molecular flexibility index (Phi) is 12.0. The van der Waals surface area contributed by atoms with Crippen molar-refractivity contribution in [2.75, 3.05) is 13.2 Å². The molecule has 0 radical (unpaired) electrons. The van der Waals surface area contributed by atoms with Crippen LogP contribution in [0.1, 0.15) is 68.5 Å². The van der Waals surface area contributed by atoms with Crippen molar-refractivity contribution in [2.45, 2.75) is 141 Å². The van der Waals surface area contributed by atoms with Crippen LogP contribution in [-0.2, 0) is 33.1 Å². The van der Waals surface area contributed by atoms with Crippen molar-refractivity contribution in [3.8, 4) is 5.88 Å². The van der Waals surface area contributed by atoms with Gasteiger partial charge >= 0.3 is 0 Å². The van der Waals surface area contributed by atoms with Gasteiger partial charge in [0.05, 0.1) is 6.33 Å². The molecule has 1 saturated heterocycles. The molecule has 0 aliphatic carbocycles. The molecule has 1 fully saturated rings. The Morgan fingerprint density at radius 3 is 1.83 bits per heavy atom. The highest BCUT2D eigenvalue weighted by Crippen LogP contribution is 2.43. The topological polar surface area (TPSA) is 117 Å². The first kappa shape index (κ1) is 38.9. The monoisotopic (exact) mass is 698 g/mol. The van der Waals surface area contributed by atoms with Crippen molar-refractivity contribution in [2.24, 2.45) is 0 Å². The Bertz CT molecular complexity index is 1320. The molecule has 46 heavy (non-hydrogen) atoms. The molecule has 4 atom stereocenters. The van der Waals surface area contributed by atoms with Gasteiger partial charge in [-0.2, -0.15) is 4.98 Å². The highest BCUT2D eigenvalue weighted by atomic mass is 28.4. The molecule has 0 amide bonds. The first-order chi connectivity index (χ1) is 20.9. The minimum absolute atomic E-state index is 0.0448. The van der Waals surface area contributed by atoms with E-state index in [2.05, 4.69) is 123 Å². The zero-order valence-electron chi connectivity index (χ0n) is 30.7. The molecule has 0 spiro atoms. The molecule has 3 rings (SSSR count). The predicted molar refractivity (Wildman–Crippen MR) is 185 cm³/mol. The summed E-state index contributed by atoms with van der Waals surface area (Å²) in [6.07, 6.45) is 1.75. The van der Waals surface area contributed by atoms with Gasteiger partial charge in [-0.15, -0.1) is 0 Å². The van der Waals surface area contributed by atoms with Gasteiger partial charge in [-0.25, -0.2) is 24.6 Å². The quantitative estimate of drug-likeness (QED) is 0.0830. The maximum Gasteiger partial charge on any atom is 0.245 e. The van der Waals surface area contributed by atoms with Crippen molar-refractivity contribution in [3.63, 3.8) is 0 Å². The average Bonchev–Trinajstić information content (AvgIpc) is 3.49. The summed E-state index contributed by atoms with van der Waals surface area (Å²) in [5, 5.41) is -0.255. The van der Waals surface area contributed by atoms with Crippen LogP contribution in [0.5, 0.6) is 5.88 Å². The molecule has 1 aliphatic rings. The standard InChI is InChI=1S/C31H58N4O8Si3/c1-17-18-36-27-23-26(32-20-33-27)35(21-34-23)28-25(40-43-46(15,16)31(8,9)10)24(39-42-45(13,14)30(5,6)7)22(38-28)19-37-41-44(11,12)29(2,3)4/h17,20-22,24-25,28H,1,18-19H2,2-16H3/t22-,24-,25-,28-/m1/s1. The molecular weight excluding hydrogens is 641 g/mol. The van der Waals surface area contributed by atoms with Crippen LogP contribution in [-0.4, -0.2) is 76.0 Å². The molecule has 0 aromatic carbocycles. The smallest absolute Gasteiger partial charge is 0.245 e. The molecule has 2 aromatic heterocycles. The van der Waals surface area contributed by atoms with E-state index in [0.717, 1.165) is 0 Å². The van der Waals surface area contributed by atoms with Gasteiger partial charge in [0.2, 0.25) is 30.8 Å². The molecule has 2 aromatic rings. The van der Waals surface area contributed by atoms with Crippen LogP contribution in [0.4, 0.5) is 0 Å². The van der Waals surface area contributed by atoms with Crippen molar-refractivity contribution in [1.82, 2.24) is 19.5 Å². The van der Waals surface area contributed by atoms with E-state index in [-0.39, 0.29) is 28.3 Å². The second-order valence-electron chi connectivity index (χ2n) is 16.6. The van der Waals surface area contributed by atoms with Gasteiger partial charge in [-0.3, -0.25) is 18.3 Å². The summed E-state index contributed by atoms with van der Waals surface area (Å²) in [6, 6.07) is 0. The average molecular weight is 699 g/mol. The number of imidazole rings is 1. The number of rotatable bonds is 14. The van der Waals surface area contributed by atoms with Crippen LogP contribution in [0.2, 0.25) is 54.4 Å². The van der Waals surface area contributed by atoms with Crippen LogP contribution >= 0.6 is 0 Å². The Morgan fingerprint density at radius 2 is 1.30 bits per heavy atom. The Labute approximate surface area is 278 Å². The fraction of sp³-hybridized carbons (Fsp3) is 0.774. The molecule has 0 N–H and O–H groups in total. The second kappa shape index (κ2) is 14.1. The van der Waals surface area contributed by atoms with Gasteiger partial charge in [-0.1, -0.05) is 75.0 Å². The van der Waals surface area contributed by atoms with Crippen LogP contribution in [0.25, 0.3) is 11.2 Å². The van der Waals surface area contributed by atoms with Crippen LogP contribution < -0.4 is 4.74 Å². The Morgan fingerprint density at radius 1 is 0.783 bits per heavy atom. The van der Waals surface area contributed by atoms with Crippen LogP contribution in [0, 0.1) is 0 Å². The van der Waals surface area contributed by atoms with Gasteiger partial charge in [0.15, 0.2) is 29.6 Å². The number of ether oxygens (including phenoxy) is 2. The van der Waals surface area contributed by atoms with E-state index in [9.17, 15) is 0 Å². The third kappa shape index (κ3) is 8.73. The molecule has 0 saturated carbocycles. The van der Waals surface area contributed by atoms with E-state index < -0.39 is 49.5 Å². The predicted octanol–water partition coefficient (Wildman–Crippen LogP) is 7.89. The maximum absolute atomic E-state index is 6.70. The molecule has 12 nitrogen and oxygen atoms in total. The highest BCUT2D eigenvalue weighted by molar-refractivity contribution is 6.74. The summed E-state index contributed by atoms with van der Waals surface area (Å²) in [5.74, 6) is 0.341. The van der Waals surface area contributed by atoms with Gasteiger partial charge in [0.25, 0.3) is 0 Å². The van der Waals surface area contributed by atoms with Gasteiger partial charge in [0.1, 0.15) is 25.6 Å². The minimum Gasteiger partial charge on any atom is -0.472 e. The van der Waals surface area contributed by atoms with E-state index in [0.29, 0.717) is 17.0 Å². The van der Waals surface area contributed by atoms with Crippen LogP contribution in [0.15, 0.2) is 25.3 Å². The summed E-state index contributed by atoms with van der Waals surface area (Å²) in [5.41, 5.74) is 0.983. The number of fused-ring (bicyclic) bond motifs is 1. The Balaban J connectivity index is 2.06. The lowest BCUT2D eigenvalue weighted by Gasteiger charge is -2.38. The van der Waals surface area contributed by atoms with Crippen LogP contribution in [0.3, 0.4) is 0 Å². The molecule has 15 heteroatoms. The highest BCUT2D eigenvalue weighted by Gasteiger charge is 2.53. The summed E-state index contributed by atoms with van der Waals surface area (Å²) in [7, 11) is -6.95. The summed E-state index contributed by atoms with van der Waals surface area (Å²) in [6.45, 7) is 36.2. The number of hydrogen-bond acceptors (Lipinski definition) is 11. The Hall–Kier alpha value is -1.54. The first-order valence-corrected chi connectivity index (χ1v) is 24.7. The van der Waals surface area contributed by atoms with Crippen molar-refractivity contribution < 1.29 is 37.9 Å². The zero-order valence-corrected chi connectivity index (χ0v) is 33.7. The molecule has 0 bridgehead atoms. The third-order valence-electron chi connectivity index (χ3n) is 9.88. The third-order valence-corrected chi connectivity index (χ3v) is 22.3. The normalized spacial score (nSPS) is 22.1. The molecular formula is C31H58N4O8Si3. The fourth-order valence-corrected chi connectivity index (χ4v) is 5.34. The second-order valence-corrected chi connectivity index (χ2v) is 30.7. The lowest BCUT2D eigenvalue weighted by molar-refractivity contribution is -0.338. The van der Waals surface area contributed by atoms with E-state index in [1.807, 2.05) is 0 Å². The van der Waals surface area contributed by atoms with Crippen molar-refractivity contribution in [1.29, 1.82) is 0 Å². The number of aromatic nitrogens is 4. The zero-order chi connectivity index (χ0) is 34.9. The van der Waals surface area contributed by atoms with E-state index >= 15 is 0 Å². The summed E-state index contributed by atoms with van der Waals surface area (Å²) in [4.78, 5) is 32.1. The van der Waals surface area contributed by atoms with E-state index in [1.165, 1.54) is 6.33 Å². The van der Waals surface area contributed by atoms with Gasteiger partial charge in [-0.05, 0) is 54.4 Å². The number of hydrogen-bond donors (Lipinski definition) is 0. The van der Waals surface area contributed by atoms with Gasteiger partial charge < -0.3 is 9.47 Å². The summed E-state index contributed by atoms with van der Waals surface area (Å²) < 4.78 is 33.0. The minimum atomic E-state index is -2.37. The van der Waals surface area contributed by atoms with Crippen molar-refractivity contribution in [3.05, 3.63) is 25.3 Å². The molecule has 3 heterocycles. The van der Waals surface area contributed by atoms with Gasteiger partial charge in [0, 0.05) is 0 Å². The number of nitrogens with zero attached hydrogens (tertiary/aromatic N) is 4. The molecule has 0 unspecified atom stereocenters. The SMILES string of the molecule is C=CCOc1ncnc2c1ncn2[C@@H]1O[C@H](COO[Si](C)(C)C(C)(C)C)[C@@H](OO[Si](C)(C)C(C)(C)C)[C@H]1OO[Si](C)(C)C(C)(C)C.